The first-order chi connectivity index (χ1) is 12.7. The van der Waals surface area contributed by atoms with Gasteiger partial charge >= 0.3 is 0 Å². The Hall–Kier alpha value is -1.88. The summed E-state index contributed by atoms with van der Waals surface area (Å²) in [5.74, 6) is 0.276. The molecule has 0 spiro atoms. The molecule has 0 bridgehead atoms. The molecule has 5 heteroatoms. The number of nitrogens with zero attached hydrogens (tertiary/aromatic N) is 2. The Kier molecular flexibility index (Phi) is 7.06. The highest BCUT2D eigenvalue weighted by Gasteiger charge is 2.33. The summed E-state index contributed by atoms with van der Waals surface area (Å²) >= 11 is 0. The highest BCUT2D eigenvalue weighted by atomic mass is 16.2. The maximum Gasteiger partial charge on any atom is 0.239 e. The van der Waals surface area contributed by atoms with E-state index in [0.717, 1.165) is 64.6 Å². The average molecular weight is 357 g/mol. The Morgan fingerprint density at radius 3 is 2.50 bits per heavy atom. The second kappa shape index (κ2) is 9.72. The van der Waals surface area contributed by atoms with Gasteiger partial charge in [0, 0.05) is 19.6 Å². The maximum absolute atomic E-state index is 12.8. The van der Waals surface area contributed by atoms with Crippen molar-refractivity contribution in [1.82, 2.24) is 15.1 Å². The summed E-state index contributed by atoms with van der Waals surface area (Å²) in [6, 6.07) is 10.2. The molecule has 1 atom stereocenters. The molecular weight excluding hydrogens is 326 g/mol. The number of piperidine rings is 1. The minimum absolute atomic E-state index is 0.0409. The fraction of sp³-hybridized carbons (Fsp3) is 0.619. The summed E-state index contributed by atoms with van der Waals surface area (Å²) in [5.41, 5.74) is 1.30. The lowest BCUT2D eigenvalue weighted by Gasteiger charge is -2.36. The number of aryl methyl sites for hydroxylation is 1. The lowest BCUT2D eigenvalue weighted by molar-refractivity contribution is -0.138. The predicted octanol–water partition coefficient (Wildman–Crippen LogP) is 2.21. The third-order valence-corrected chi connectivity index (χ3v) is 5.47. The van der Waals surface area contributed by atoms with Crippen LogP contribution >= 0.6 is 0 Å². The minimum atomic E-state index is -0.100. The lowest BCUT2D eigenvalue weighted by Crippen LogP contribution is -2.53. The summed E-state index contributed by atoms with van der Waals surface area (Å²) < 4.78 is 0. The second-order valence-corrected chi connectivity index (χ2v) is 7.45. The molecule has 0 aliphatic carbocycles. The Balaban J connectivity index is 1.42. The van der Waals surface area contributed by atoms with Crippen LogP contribution < -0.4 is 5.32 Å². The fourth-order valence-electron chi connectivity index (χ4n) is 4.01. The molecule has 2 amide bonds. The van der Waals surface area contributed by atoms with Crippen LogP contribution in [0.1, 0.15) is 44.1 Å². The van der Waals surface area contributed by atoms with E-state index in [1.54, 1.807) is 0 Å². The zero-order valence-electron chi connectivity index (χ0n) is 15.7. The van der Waals surface area contributed by atoms with E-state index in [1.807, 2.05) is 23.1 Å². The molecule has 0 radical (unpaired) electrons. The molecule has 1 N–H and O–H groups in total. The van der Waals surface area contributed by atoms with Gasteiger partial charge in [-0.25, -0.2) is 0 Å². The van der Waals surface area contributed by atoms with Crippen molar-refractivity contribution in [1.29, 1.82) is 0 Å². The number of carbonyl (C=O) groups is 2. The van der Waals surface area contributed by atoms with E-state index in [9.17, 15) is 9.59 Å². The molecule has 3 rings (SSSR count). The van der Waals surface area contributed by atoms with E-state index in [2.05, 4.69) is 22.3 Å². The third-order valence-electron chi connectivity index (χ3n) is 5.47. The van der Waals surface area contributed by atoms with Crippen LogP contribution in [0.2, 0.25) is 0 Å². The minimum Gasteiger partial charge on any atom is -0.355 e. The van der Waals surface area contributed by atoms with Gasteiger partial charge in [0.15, 0.2) is 0 Å². The Bertz CT molecular complexity index is 584. The van der Waals surface area contributed by atoms with Gasteiger partial charge in [0.1, 0.15) is 0 Å². The molecule has 142 valence electrons. The number of benzene rings is 1. The molecule has 0 saturated carbocycles. The van der Waals surface area contributed by atoms with Crippen LogP contribution in [0.25, 0.3) is 0 Å². The smallest absolute Gasteiger partial charge is 0.239 e. The number of likely N-dealkylation sites (tertiary alicyclic amines) is 2. The number of carbonyl (C=O) groups excluding carboxylic acids is 2. The molecule has 2 saturated heterocycles. The van der Waals surface area contributed by atoms with Crippen molar-refractivity contribution in [3.8, 4) is 0 Å². The summed E-state index contributed by atoms with van der Waals surface area (Å²) in [4.78, 5) is 29.2. The van der Waals surface area contributed by atoms with Crippen molar-refractivity contribution < 1.29 is 9.59 Å². The molecule has 2 aliphatic rings. The van der Waals surface area contributed by atoms with Crippen LogP contribution in [-0.2, 0) is 16.0 Å². The van der Waals surface area contributed by atoms with Crippen molar-refractivity contribution in [2.45, 2.75) is 51.0 Å². The molecule has 1 aromatic carbocycles. The van der Waals surface area contributed by atoms with Crippen LogP contribution in [0, 0.1) is 0 Å². The van der Waals surface area contributed by atoms with Crippen molar-refractivity contribution in [2.75, 3.05) is 32.7 Å². The van der Waals surface area contributed by atoms with E-state index in [-0.39, 0.29) is 17.9 Å². The summed E-state index contributed by atoms with van der Waals surface area (Å²) in [6.45, 7) is 3.65. The first kappa shape index (κ1) is 18.9. The number of hydrogen-bond donors (Lipinski definition) is 1. The van der Waals surface area contributed by atoms with Gasteiger partial charge in [-0.2, -0.15) is 0 Å². The van der Waals surface area contributed by atoms with Crippen LogP contribution in [0.3, 0.4) is 0 Å². The largest absolute Gasteiger partial charge is 0.355 e. The summed E-state index contributed by atoms with van der Waals surface area (Å²) in [6.07, 6.45) is 7.18. The topological polar surface area (TPSA) is 52.7 Å². The highest BCUT2D eigenvalue weighted by molar-refractivity contribution is 5.84. The fourth-order valence-corrected chi connectivity index (χ4v) is 4.01. The van der Waals surface area contributed by atoms with E-state index >= 15 is 0 Å². The highest BCUT2D eigenvalue weighted by Crippen LogP contribution is 2.20. The number of hydrogen-bond acceptors (Lipinski definition) is 3. The van der Waals surface area contributed by atoms with Crippen LogP contribution in [0.4, 0.5) is 0 Å². The zero-order chi connectivity index (χ0) is 18.2. The Morgan fingerprint density at radius 2 is 1.73 bits per heavy atom. The SMILES string of the molecule is O=C(CN1CCCCC1C(=O)N1CCCC1)NCCCc1ccccc1. The third kappa shape index (κ3) is 5.31. The van der Waals surface area contributed by atoms with E-state index in [4.69, 9.17) is 0 Å². The Morgan fingerprint density at radius 1 is 1.00 bits per heavy atom. The molecule has 1 aromatic rings. The summed E-state index contributed by atoms with van der Waals surface area (Å²) in [7, 11) is 0. The van der Waals surface area contributed by atoms with Crippen molar-refractivity contribution >= 4 is 11.8 Å². The second-order valence-electron chi connectivity index (χ2n) is 7.45. The van der Waals surface area contributed by atoms with Gasteiger partial charge in [-0.1, -0.05) is 36.8 Å². The normalized spacial score (nSPS) is 20.9. The van der Waals surface area contributed by atoms with Crippen LogP contribution in [-0.4, -0.2) is 60.4 Å². The molecular formula is C21H31N3O2. The van der Waals surface area contributed by atoms with Gasteiger partial charge in [0.25, 0.3) is 0 Å². The van der Waals surface area contributed by atoms with E-state index < -0.39 is 0 Å². The lowest BCUT2D eigenvalue weighted by atomic mass is 10.0. The summed E-state index contributed by atoms with van der Waals surface area (Å²) in [5, 5.41) is 3.02. The molecule has 2 aliphatic heterocycles. The quantitative estimate of drug-likeness (QED) is 0.761. The van der Waals surface area contributed by atoms with Crippen molar-refractivity contribution in [2.24, 2.45) is 0 Å². The van der Waals surface area contributed by atoms with Crippen molar-refractivity contribution in [3.63, 3.8) is 0 Å². The van der Waals surface area contributed by atoms with Gasteiger partial charge in [-0.3, -0.25) is 14.5 Å². The molecule has 1 unspecified atom stereocenters. The van der Waals surface area contributed by atoms with Crippen LogP contribution in [0.15, 0.2) is 30.3 Å². The zero-order valence-corrected chi connectivity index (χ0v) is 15.7. The average Bonchev–Trinajstić information content (AvgIpc) is 3.21. The van der Waals surface area contributed by atoms with Gasteiger partial charge in [-0.05, 0) is 50.6 Å². The van der Waals surface area contributed by atoms with Crippen molar-refractivity contribution in [3.05, 3.63) is 35.9 Å². The number of amides is 2. The maximum atomic E-state index is 12.8. The monoisotopic (exact) mass is 357 g/mol. The standard InChI is InChI=1S/C21H31N3O2/c25-20(22-13-8-11-18-9-2-1-3-10-18)17-24-16-5-4-12-19(24)21(26)23-14-6-7-15-23/h1-3,9-10,19H,4-8,11-17H2,(H,22,25). The first-order valence-electron chi connectivity index (χ1n) is 10.1. The predicted molar refractivity (Wildman–Crippen MR) is 103 cm³/mol. The molecule has 5 nitrogen and oxygen atoms in total. The van der Waals surface area contributed by atoms with E-state index in [0.29, 0.717) is 13.1 Å². The van der Waals surface area contributed by atoms with Gasteiger partial charge in [-0.15, -0.1) is 0 Å². The molecule has 2 heterocycles. The van der Waals surface area contributed by atoms with Crippen LogP contribution in [0.5, 0.6) is 0 Å². The molecule has 26 heavy (non-hydrogen) atoms. The molecule has 2 fully saturated rings. The Labute approximate surface area is 156 Å². The number of nitrogens with one attached hydrogen (secondary N) is 1. The first-order valence-corrected chi connectivity index (χ1v) is 10.1. The van der Waals surface area contributed by atoms with Gasteiger partial charge < -0.3 is 10.2 Å². The molecule has 0 aromatic heterocycles. The van der Waals surface area contributed by atoms with Gasteiger partial charge in [0.05, 0.1) is 12.6 Å². The number of rotatable bonds is 7. The van der Waals surface area contributed by atoms with E-state index in [1.165, 1.54) is 5.56 Å². The van der Waals surface area contributed by atoms with Gasteiger partial charge in [0.2, 0.25) is 11.8 Å².